The summed E-state index contributed by atoms with van der Waals surface area (Å²) in [4.78, 5) is 6.94. The number of anilines is 1. The highest BCUT2D eigenvalue weighted by molar-refractivity contribution is 5.40. The van der Waals surface area contributed by atoms with Crippen molar-refractivity contribution in [2.24, 2.45) is 0 Å². The molecule has 0 saturated carbocycles. The van der Waals surface area contributed by atoms with Crippen LogP contribution in [0.5, 0.6) is 5.75 Å². The molecule has 1 aromatic heterocycles. The van der Waals surface area contributed by atoms with Crippen LogP contribution in [-0.2, 0) is 17.8 Å². The molecule has 2 unspecified atom stereocenters. The van der Waals surface area contributed by atoms with Gasteiger partial charge in [-0.1, -0.05) is 18.2 Å². The first-order valence-corrected chi connectivity index (χ1v) is 10.3. The predicted molar refractivity (Wildman–Crippen MR) is 114 cm³/mol. The summed E-state index contributed by atoms with van der Waals surface area (Å²) < 4.78 is 11.5. The number of benzene rings is 1. The number of hydrogen-bond acceptors (Lipinski definition) is 6. The number of nitriles is 1. The number of ether oxygens (including phenoxy) is 2. The van der Waals surface area contributed by atoms with E-state index in [-0.39, 0.29) is 12.2 Å². The summed E-state index contributed by atoms with van der Waals surface area (Å²) in [6.45, 7) is 8.06. The van der Waals surface area contributed by atoms with E-state index in [1.807, 2.05) is 24.4 Å². The van der Waals surface area contributed by atoms with Crippen molar-refractivity contribution in [3.63, 3.8) is 0 Å². The molecule has 1 saturated heterocycles. The van der Waals surface area contributed by atoms with E-state index >= 15 is 0 Å². The van der Waals surface area contributed by atoms with Crippen molar-refractivity contribution in [3.05, 3.63) is 53.7 Å². The molecule has 0 amide bonds. The number of nitrogens with zero attached hydrogens (tertiary/aromatic N) is 3. The fraction of sp³-hybridized carbons (Fsp3) is 0.478. The molecule has 29 heavy (non-hydrogen) atoms. The van der Waals surface area contributed by atoms with E-state index in [1.54, 1.807) is 0 Å². The Morgan fingerprint density at radius 2 is 1.97 bits per heavy atom. The SMILES string of the molecule is CC1CN(c2ccc(CNCc3cccc(OCCCC#N)c3)cn2)CC(C)O1. The number of morpholine rings is 1. The van der Waals surface area contributed by atoms with E-state index in [0.29, 0.717) is 13.0 Å². The fourth-order valence-corrected chi connectivity index (χ4v) is 3.51. The van der Waals surface area contributed by atoms with Crippen LogP contribution in [0.4, 0.5) is 5.82 Å². The van der Waals surface area contributed by atoms with Gasteiger partial charge in [0.25, 0.3) is 0 Å². The average molecular weight is 395 g/mol. The first kappa shape index (κ1) is 21.1. The molecule has 154 valence electrons. The third kappa shape index (κ3) is 6.74. The Hall–Kier alpha value is -2.62. The second kappa shape index (κ2) is 10.8. The molecular weight excluding hydrogens is 364 g/mol. The van der Waals surface area contributed by atoms with E-state index in [2.05, 4.69) is 53.3 Å². The Labute approximate surface area is 173 Å². The topological polar surface area (TPSA) is 70.4 Å². The molecule has 6 nitrogen and oxygen atoms in total. The van der Waals surface area contributed by atoms with E-state index in [1.165, 1.54) is 5.56 Å². The van der Waals surface area contributed by atoms with Crippen LogP contribution in [0, 0.1) is 11.3 Å². The van der Waals surface area contributed by atoms with Crippen molar-refractivity contribution in [1.29, 1.82) is 5.26 Å². The van der Waals surface area contributed by atoms with Gasteiger partial charge >= 0.3 is 0 Å². The normalized spacial score (nSPS) is 19.0. The van der Waals surface area contributed by atoms with E-state index in [9.17, 15) is 0 Å². The molecule has 1 fully saturated rings. The van der Waals surface area contributed by atoms with Gasteiger partial charge in [0, 0.05) is 38.8 Å². The number of unbranched alkanes of at least 4 members (excludes halogenated alkanes) is 1. The largest absolute Gasteiger partial charge is 0.494 e. The summed E-state index contributed by atoms with van der Waals surface area (Å²) in [5, 5.41) is 12.0. The van der Waals surface area contributed by atoms with Gasteiger partial charge < -0.3 is 19.7 Å². The third-order valence-corrected chi connectivity index (χ3v) is 4.81. The summed E-state index contributed by atoms with van der Waals surface area (Å²) in [7, 11) is 0. The first-order valence-electron chi connectivity index (χ1n) is 10.3. The minimum absolute atomic E-state index is 0.230. The zero-order valence-corrected chi connectivity index (χ0v) is 17.3. The van der Waals surface area contributed by atoms with Gasteiger partial charge in [-0.3, -0.25) is 0 Å². The van der Waals surface area contributed by atoms with Crippen LogP contribution in [-0.4, -0.2) is 36.9 Å². The highest BCUT2D eigenvalue weighted by Crippen LogP contribution is 2.18. The Balaban J connectivity index is 1.45. The molecule has 0 radical (unpaired) electrons. The summed E-state index contributed by atoms with van der Waals surface area (Å²) in [6, 6.07) is 14.4. The van der Waals surface area contributed by atoms with Crippen LogP contribution in [0.2, 0.25) is 0 Å². The van der Waals surface area contributed by atoms with Crippen molar-refractivity contribution in [1.82, 2.24) is 10.3 Å². The minimum Gasteiger partial charge on any atom is -0.494 e. The van der Waals surface area contributed by atoms with Gasteiger partial charge in [-0.15, -0.1) is 0 Å². The number of rotatable bonds is 9. The lowest BCUT2D eigenvalue weighted by Gasteiger charge is -2.36. The smallest absolute Gasteiger partial charge is 0.128 e. The molecule has 2 aromatic rings. The van der Waals surface area contributed by atoms with Gasteiger partial charge in [0.15, 0.2) is 0 Å². The molecule has 0 spiro atoms. The number of nitrogens with one attached hydrogen (secondary N) is 1. The Bertz CT molecular complexity index is 793. The highest BCUT2D eigenvalue weighted by atomic mass is 16.5. The summed E-state index contributed by atoms with van der Waals surface area (Å²) in [6.07, 6.45) is 3.69. The summed E-state index contributed by atoms with van der Waals surface area (Å²) >= 11 is 0. The van der Waals surface area contributed by atoms with Gasteiger partial charge in [0.05, 0.1) is 24.9 Å². The monoisotopic (exact) mass is 394 g/mol. The standard InChI is InChI=1S/C23H30N4O2/c1-18-16-27(17-19(2)29-18)23-9-8-21(15-26-23)14-25-13-20-6-5-7-22(12-20)28-11-4-3-10-24/h5-9,12,15,18-19,25H,3-4,11,13-14,16-17H2,1-2H3. The Kier molecular flexibility index (Phi) is 7.85. The van der Waals surface area contributed by atoms with Crippen molar-refractivity contribution in [2.75, 3.05) is 24.6 Å². The van der Waals surface area contributed by atoms with E-state index in [0.717, 1.165) is 49.7 Å². The second-order valence-corrected chi connectivity index (χ2v) is 7.55. The maximum absolute atomic E-state index is 8.58. The lowest BCUT2D eigenvalue weighted by molar-refractivity contribution is -0.00545. The van der Waals surface area contributed by atoms with Crippen molar-refractivity contribution in [2.45, 2.75) is 52.0 Å². The Morgan fingerprint density at radius 3 is 2.69 bits per heavy atom. The molecule has 6 heteroatoms. The number of hydrogen-bond donors (Lipinski definition) is 1. The molecule has 1 N–H and O–H groups in total. The minimum atomic E-state index is 0.230. The fourth-order valence-electron chi connectivity index (χ4n) is 3.51. The molecule has 3 rings (SSSR count). The molecule has 2 heterocycles. The van der Waals surface area contributed by atoms with Crippen LogP contribution in [0.3, 0.4) is 0 Å². The van der Waals surface area contributed by atoms with Crippen LogP contribution < -0.4 is 15.0 Å². The van der Waals surface area contributed by atoms with Crippen LogP contribution in [0.25, 0.3) is 0 Å². The summed E-state index contributed by atoms with van der Waals surface area (Å²) in [5.41, 5.74) is 2.33. The van der Waals surface area contributed by atoms with Crippen molar-refractivity contribution >= 4 is 5.82 Å². The van der Waals surface area contributed by atoms with Gasteiger partial charge in [-0.05, 0) is 49.6 Å². The first-order chi connectivity index (χ1) is 14.1. The molecule has 2 atom stereocenters. The van der Waals surface area contributed by atoms with Gasteiger partial charge in [-0.2, -0.15) is 5.26 Å². The second-order valence-electron chi connectivity index (χ2n) is 7.55. The zero-order valence-electron chi connectivity index (χ0n) is 17.3. The molecule has 1 aliphatic rings. The summed E-state index contributed by atoms with van der Waals surface area (Å²) in [5.74, 6) is 1.86. The Morgan fingerprint density at radius 1 is 1.17 bits per heavy atom. The number of pyridine rings is 1. The van der Waals surface area contributed by atoms with Gasteiger partial charge in [0.1, 0.15) is 11.6 Å². The maximum atomic E-state index is 8.58. The van der Waals surface area contributed by atoms with Crippen molar-refractivity contribution < 1.29 is 9.47 Å². The molecule has 1 aromatic carbocycles. The molecule has 0 bridgehead atoms. The lowest BCUT2D eigenvalue weighted by atomic mass is 10.2. The van der Waals surface area contributed by atoms with Crippen molar-refractivity contribution in [3.8, 4) is 11.8 Å². The van der Waals surface area contributed by atoms with E-state index in [4.69, 9.17) is 14.7 Å². The van der Waals surface area contributed by atoms with Crippen LogP contribution in [0.15, 0.2) is 42.6 Å². The molecular formula is C23H30N4O2. The molecule has 1 aliphatic heterocycles. The third-order valence-electron chi connectivity index (χ3n) is 4.81. The lowest BCUT2D eigenvalue weighted by Crippen LogP contribution is -2.45. The molecule has 0 aliphatic carbocycles. The quantitative estimate of drug-likeness (QED) is 0.655. The van der Waals surface area contributed by atoms with Gasteiger partial charge in [-0.25, -0.2) is 4.98 Å². The van der Waals surface area contributed by atoms with Crippen LogP contribution >= 0.6 is 0 Å². The maximum Gasteiger partial charge on any atom is 0.128 e. The van der Waals surface area contributed by atoms with Gasteiger partial charge in [0.2, 0.25) is 0 Å². The predicted octanol–water partition coefficient (Wildman–Crippen LogP) is 3.67. The van der Waals surface area contributed by atoms with Crippen LogP contribution in [0.1, 0.15) is 37.8 Å². The zero-order chi connectivity index (χ0) is 20.5. The number of aromatic nitrogens is 1. The average Bonchev–Trinajstić information content (AvgIpc) is 2.71. The van der Waals surface area contributed by atoms with E-state index < -0.39 is 0 Å². The highest BCUT2D eigenvalue weighted by Gasteiger charge is 2.22.